The predicted octanol–water partition coefficient (Wildman–Crippen LogP) is 2.25. The van der Waals surface area contributed by atoms with Crippen LogP contribution in [0.4, 0.5) is 0 Å². The van der Waals surface area contributed by atoms with Crippen molar-refractivity contribution in [3.8, 4) is 0 Å². The van der Waals surface area contributed by atoms with Crippen molar-refractivity contribution in [1.29, 1.82) is 0 Å². The molecule has 5 heteroatoms. The van der Waals surface area contributed by atoms with Gasteiger partial charge in [0.15, 0.2) is 0 Å². The van der Waals surface area contributed by atoms with Crippen LogP contribution in [0.3, 0.4) is 0 Å². The van der Waals surface area contributed by atoms with E-state index in [0.717, 1.165) is 12.4 Å². The van der Waals surface area contributed by atoms with E-state index < -0.39 is 5.97 Å². The molecule has 0 aliphatic heterocycles. The molecule has 0 spiro atoms. The molecule has 0 radical (unpaired) electrons. The smallest absolute Gasteiger partial charge is 0.371 e. The minimum absolute atomic E-state index is 0.00425. The zero-order chi connectivity index (χ0) is 11.1. The van der Waals surface area contributed by atoms with E-state index in [1.165, 1.54) is 6.07 Å². The Kier molecular flexibility index (Phi) is 5.28. The second-order valence-electron chi connectivity index (χ2n) is 2.82. The Bertz CT molecular complexity index is 308. The molecule has 1 heterocycles. The van der Waals surface area contributed by atoms with Gasteiger partial charge in [-0.2, -0.15) is 11.8 Å². The minimum atomic E-state index is -1.03. The van der Waals surface area contributed by atoms with Gasteiger partial charge in [0.05, 0.1) is 12.4 Å². The Morgan fingerprint density at radius 3 is 3.00 bits per heavy atom. The molecule has 1 aromatic rings. The highest BCUT2D eigenvalue weighted by Gasteiger charge is 2.08. The van der Waals surface area contributed by atoms with Crippen LogP contribution in [0.1, 0.15) is 23.2 Å². The molecular formula is C10H14O4S. The van der Waals surface area contributed by atoms with E-state index in [-0.39, 0.29) is 5.76 Å². The monoisotopic (exact) mass is 230 g/mol. The fourth-order valence-electron chi connectivity index (χ4n) is 1.01. The van der Waals surface area contributed by atoms with E-state index >= 15 is 0 Å². The molecule has 0 unspecified atom stereocenters. The number of furan rings is 1. The van der Waals surface area contributed by atoms with Gasteiger partial charge in [-0.25, -0.2) is 4.79 Å². The van der Waals surface area contributed by atoms with Gasteiger partial charge in [-0.05, 0) is 19.1 Å². The van der Waals surface area contributed by atoms with Crippen molar-refractivity contribution in [3.05, 3.63) is 23.7 Å². The average molecular weight is 230 g/mol. The number of carboxylic acids is 1. The fourth-order valence-corrected chi connectivity index (χ4v) is 1.74. The topological polar surface area (TPSA) is 59.7 Å². The van der Waals surface area contributed by atoms with Crippen LogP contribution in [0, 0.1) is 0 Å². The van der Waals surface area contributed by atoms with Crippen molar-refractivity contribution in [3.63, 3.8) is 0 Å². The Balaban J connectivity index is 2.23. The van der Waals surface area contributed by atoms with Gasteiger partial charge in [-0.3, -0.25) is 0 Å². The molecule has 4 nitrogen and oxygen atoms in total. The Morgan fingerprint density at radius 2 is 2.40 bits per heavy atom. The highest BCUT2D eigenvalue weighted by molar-refractivity contribution is 7.98. The van der Waals surface area contributed by atoms with Crippen molar-refractivity contribution in [2.75, 3.05) is 19.0 Å². The van der Waals surface area contributed by atoms with E-state index in [2.05, 4.69) is 0 Å². The first kappa shape index (κ1) is 12.1. The molecule has 0 bridgehead atoms. The Hall–Kier alpha value is -0.940. The van der Waals surface area contributed by atoms with Gasteiger partial charge in [0.2, 0.25) is 5.76 Å². The maximum absolute atomic E-state index is 10.5. The molecule has 0 aliphatic carbocycles. The molecular weight excluding hydrogens is 216 g/mol. The first-order chi connectivity index (χ1) is 7.24. The van der Waals surface area contributed by atoms with Crippen molar-refractivity contribution in [1.82, 2.24) is 0 Å². The van der Waals surface area contributed by atoms with Crippen molar-refractivity contribution < 1.29 is 19.1 Å². The summed E-state index contributed by atoms with van der Waals surface area (Å²) in [6.45, 7) is 3.40. The predicted molar refractivity (Wildman–Crippen MR) is 58.3 cm³/mol. The number of carboxylic acid groups (broad SMARTS) is 1. The van der Waals surface area contributed by atoms with Crippen molar-refractivity contribution in [2.45, 2.75) is 12.7 Å². The van der Waals surface area contributed by atoms with Gasteiger partial charge in [-0.1, -0.05) is 0 Å². The zero-order valence-corrected chi connectivity index (χ0v) is 9.38. The summed E-state index contributed by atoms with van der Waals surface area (Å²) in [6, 6.07) is 3.16. The molecule has 84 valence electrons. The van der Waals surface area contributed by atoms with Gasteiger partial charge in [0.1, 0.15) is 5.76 Å². The summed E-state index contributed by atoms with van der Waals surface area (Å²) in [4.78, 5) is 10.5. The average Bonchev–Trinajstić information content (AvgIpc) is 2.66. The van der Waals surface area contributed by atoms with E-state index in [4.69, 9.17) is 14.3 Å². The molecule has 0 aliphatic rings. The first-order valence-electron chi connectivity index (χ1n) is 4.71. The normalized spacial score (nSPS) is 10.5. The highest BCUT2D eigenvalue weighted by Crippen LogP contribution is 2.15. The summed E-state index contributed by atoms with van der Waals surface area (Å²) in [6.07, 6.45) is 0. The van der Waals surface area contributed by atoms with E-state index in [1.807, 2.05) is 6.92 Å². The Morgan fingerprint density at radius 1 is 1.60 bits per heavy atom. The van der Waals surface area contributed by atoms with Gasteiger partial charge in [-0.15, -0.1) is 0 Å². The summed E-state index contributed by atoms with van der Waals surface area (Å²) >= 11 is 1.66. The van der Waals surface area contributed by atoms with E-state index in [9.17, 15) is 4.79 Å². The first-order valence-corrected chi connectivity index (χ1v) is 5.87. The molecule has 1 aromatic heterocycles. The number of ether oxygens (including phenoxy) is 1. The molecule has 15 heavy (non-hydrogen) atoms. The molecule has 0 atom stereocenters. The molecule has 0 saturated heterocycles. The second-order valence-corrected chi connectivity index (χ2v) is 3.93. The Labute approximate surface area is 92.6 Å². The number of rotatable bonds is 7. The van der Waals surface area contributed by atoms with Crippen LogP contribution in [0.5, 0.6) is 0 Å². The van der Waals surface area contributed by atoms with Gasteiger partial charge < -0.3 is 14.3 Å². The zero-order valence-electron chi connectivity index (χ0n) is 8.56. The lowest BCUT2D eigenvalue weighted by atomic mass is 10.4. The van der Waals surface area contributed by atoms with E-state index in [0.29, 0.717) is 18.1 Å². The lowest BCUT2D eigenvalue weighted by molar-refractivity contribution is 0.0661. The summed E-state index contributed by atoms with van der Waals surface area (Å²) < 4.78 is 10.3. The third-order valence-electron chi connectivity index (χ3n) is 1.69. The van der Waals surface area contributed by atoms with E-state index in [1.54, 1.807) is 17.8 Å². The molecule has 0 aromatic carbocycles. The maximum atomic E-state index is 10.5. The summed E-state index contributed by atoms with van der Waals surface area (Å²) in [5.41, 5.74) is 0. The summed E-state index contributed by atoms with van der Waals surface area (Å²) in [5, 5.41) is 8.62. The van der Waals surface area contributed by atoms with Crippen LogP contribution in [-0.2, 0) is 10.5 Å². The number of hydrogen-bond acceptors (Lipinski definition) is 4. The minimum Gasteiger partial charge on any atom is -0.475 e. The number of aromatic carboxylic acids is 1. The second kappa shape index (κ2) is 6.53. The van der Waals surface area contributed by atoms with Gasteiger partial charge >= 0.3 is 5.97 Å². The SMILES string of the molecule is CCOCCSCc1ccc(C(=O)O)o1. The number of thioether (sulfide) groups is 1. The largest absolute Gasteiger partial charge is 0.475 e. The molecule has 0 saturated carbocycles. The summed E-state index contributed by atoms with van der Waals surface area (Å²) in [5.74, 6) is 1.22. The fraction of sp³-hybridized carbons (Fsp3) is 0.500. The van der Waals surface area contributed by atoms with Crippen molar-refractivity contribution >= 4 is 17.7 Å². The van der Waals surface area contributed by atoms with Crippen LogP contribution in [0.25, 0.3) is 0 Å². The van der Waals surface area contributed by atoms with Crippen molar-refractivity contribution in [2.24, 2.45) is 0 Å². The molecule has 1 rings (SSSR count). The lowest BCUT2D eigenvalue weighted by Crippen LogP contribution is -1.96. The number of carbonyl (C=O) groups is 1. The van der Waals surface area contributed by atoms with Crippen LogP contribution < -0.4 is 0 Å². The maximum Gasteiger partial charge on any atom is 0.371 e. The van der Waals surface area contributed by atoms with Crippen LogP contribution >= 0.6 is 11.8 Å². The highest BCUT2D eigenvalue weighted by atomic mass is 32.2. The third-order valence-corrected chi connectivity index (χ3v) is 2.64. The van der Waals surface area contributed by atoms with Crippen LogP contribution in [0.15, 0.2) is 16.5 Å². The van der Waals surface area contributed by atoms with Gasteiger partial charge in [0, 0.05) is 12.4 Å². The number of hydrogen-bond donors (Lipinski definition) is 1. The molecule has 0 amide bonds. The van der Waals surface area contributed by atoms with Gasteiger partial charge in [0.25, 0.3) is 0 Å². The standard InChI is InChI=1S/C10H14O4S/c1-2-13-5-6-15-7-8-3-4-9(14-8)10(11)12/h3-4H,2,5-7H2,1H3,(H,11,12). The quantitative estimate of drug-likeness (QED) is 0.728. The molecule has 0 fully saturated rings. The van der Waals surface area contributed by atoms with Crippen LogP contribution in [-0.4, -0.2) is 30.0 Å². The van der Waals surface area contributed by atoms with Crippen LogP contribution in [0.2, 0.25) is 0 Å². The molecule has 1 N–H and O–H groups in total. The third kappa shape index (κ3) is 4.40. The lowest BCUT2D eigenvalue weighted by Gasteiger charge is -1.99. The summed E-state index contributed by atoms with van der Waals surface area (Å²) in [7, 11) is 0.